The van der Waals surface area contributed by atoms with Crippen molar-refractivity contribution in [1.82, 2.24) is 4.90 Å². The molecule has 3 rings (SSSR count). The predicted octanol–water partition coefficient (Wildman–Crippen LogP) is 1.55. The van der Waals surface area contributed by atoms with Crippen LogP contribution in [0.3, 0.4) is 0 Å². The van der Waals surface area contributed by atoms with Crippen molar-refractivity contribution >= 4 is 11.8 Å². The third-order valence-electron chi connectivity index (χ3n) is 4.06. The summed E-state index contributed by atoms with van der Waals surface area (Å²) in [6.07, 6.45) is 3.85. The average Bonchev–Trinajstić information content (AvgIpc) is 2.59. The third kappa shape index (κ3) is 1.64. The number of rotatable bonds is 3. The second kappa shape index (κ2) is 3.92. The Labute approximate surface area is 106 Å². The van der Waals surface area contributed by atoms with Crippen LogP contribution in [0.5, 0.6) is 0 Å². The molecule has 1 aliphatic heterocycles. The van der Waals surface area contributed by atoms with Gasteiger partial charge in [-0.3, -0.25) is 14.5 Å². The second-order valence-electron chi connectivity index (χ2n) is 5.27. The van der Waals surface area contributed by atoms with E-state index in [4.69, 9.17) is 5.73 Å². The van der Waals surface area contributed by atoms with Crippen LogP contribution in [0.25, 0.3) is 0 Å². The van der Waals surface area contributed by atoms with Crippen molar-refractivity contribution in [1.29, 1.82) is 0 Å². The van der Waals surface area contributed by atoms with E-state index in [-0.39, 0.29) is 17.4 Å². The molecule has 2 amide bonds. The fourth-order valence-electron chi connectivity index (χ4n) is 2.66. The number of benzene rings is 1. The lowest BCUT2D eigenvalue weighted by molar-refractivity contribution is 0.0630. The van der Waals surface area contributed by atoms with Gasteiger partial charge in [-0.1, -0.05) is 12.1 Å². The number of hydrogen-bond donors (Lipinski definition) is 1. The molecule has 0 atom stereocenters. The Kier molecular flexibility index (Phi) is 2.48. The zero-order chi connectivity index (χ0) is 12.8. The zero-order valence-corrected chi connectivity index (χ0v) is 10.2. The Bertz CT molecular complexity index is 485. The highest BCUT2D eigenvalue weighted by molar-refractivity contribution is 6.21. The minimum Gasteiger partial charge on any atom is -0.325 e. The van der Waals surface area contributed by atoms with E-state index in [2.05, 4.69) is 0 Å². The van der Waals surface area contributed by atoms with Gasteiger partial charge in [0.15, 0.2) is 0 Å². The number of amides is 2. The highest BCUT2D eigenvalue weighted by atomic mass is 16.2. The van der Waals surface area contributed by atoms with Crippen molar-refractivity contribution in [3.63, 3.8) is 0 Å². The summed E-state index contributed by atoms with van der Waals surface area (Å²) in [6.45, 7) is 0.433. The van der Waals surface area contributed by atoms with Crippen LogP contribution < -0.4 is 5.73 Å². The third-order valence-corrected chi connectivity index (χ3v) is 4.06. The van der Waals surface area contributed by atoms with Crippen LogP contribution >= 0.6 is 0 Å². The summed E-state index contributed by atoms with van der Waals surface area (Å²) in [5.41, 5.74) is 7.00. The van der Waals surface area contributed by atoms with Gasteiger partial charge in [-0.05, 0) is 37.8 Å². The minimum atomic E-state index is -0.182. The molecular weight excluding hydrogens is 228 g/mol. The van der Waals surface area contributed by atoms with Crippen molar-refractivity contribution in [3.8, 4) is 0 Å². The van der Waals surface area contributed by atoms with E-state index in [1.54, 1.807) is 24.3 Å². The zero-order valence-electron chi connectivity index (χ0n) is 10.2. The van der Waals surface area contributed by atoms with Crippen molar-refractivity contribution in [2.75, 3.05) is 6.54 Å². The number of nitrogens with zero attached hydrogens (tertiary/aromatic N) is 1. The van der Waals surface area contributed by atoms with Gasteiger partial charge in [0.25, 0.3) is 11.8 Å². The van der Waals surface area contributed by atoms with E-state index in [0.29, 0.717) is 24.1 Å². The molecule has 1 aromatic rings. The Morgan fingerprint density at radius 3 is 2.11 bits per heavy atom. The number of carbonyl (C=O) groups is 2. The van der Waals surface area contributed by atoms with Crippen LogP contribution in [0.15, 0.2) is 24.3 Å². The lowest BCUT2D eigenvalue weighted by atomic mass is 9.75. The first-order valence-corrected chi connectivity index (χ1v) is 6.35. The highest BCUT2D eigenvalue weighted by Gasteiger charge is 2.38. The van der Waals surface area contributed by atoms with Crippen LogP contribution in [-0.2, 0) is 0 Å². The molecule has 1 heterocycles. The number of carbonyl (C=O) groups excluding carboxylic acids is 2. The first kappa shape index (κ1) is 11.4. The molecule has 0 unspecified atom stereocenters. The van der Waals surface area contributed by atoms with Gasteiger partial charge in [-0.15, -0.1) is 0 Å². The molecule has 1 saturated carbocycles. The summed E-state index contributed by atoms with van der Waals surface area (Å²) in [6, 6.07) is 6.97. The Balaban J connectivity index is 1.75. The topological polar surface area (TPSA) is 63.4 Å². The molecule has 0 radical (unpaired) electrons. The molecule has 0 spiro atoms. The fraction of sp³-hybridized carbons (Fsp3) is 0.429. The molecule has 94 valence electrons. The van der Waals surface area contributed by atoms with E-state index in [9.17, 15) is 9.59 Å². The van der Waals surface area contributed by atoms with E-state index in [1.807, 2.05) is 0 Å². The number of fused-ring (bicyclic) bond motifs is 1. The fourth-order valence-corrected chi connectivity index (χ4v) is 2.66. The van der Waals surface area contributed by atoms with Crippen LogP contribution in [0, 0.1) is 0 Å². The molecule has 0 aromatic heterocycles. The molecule has 0 bridgehead atoms. The summed E-state index contributed by atoms with van der Waals surface area (Å²) in [7, 11) is 0. The molecule has 1 aromatic carbocycles. The lowest BCUT2D eigenvalue weighted by Gasteiger charge is -2.38. The van der Waals surface area contributed by atoms with Crippen LogP contribution in [0.2, 0.25) is 0 Å². The monoisotopic (exact) mass is 244 g/mol. The van der Waals surface area contributed by atoms with Crippen molar-refractivity contribution in [2.24, 2.45) is 5.73 Å². The van der Waals surface area contributed by atoms with Crippen LogP contribution in [-0.4, -0.2) is 28.8 Å². The summed E-state index contributed by atoms with van der Waals surface area (Å²) >= 11 is 0. The van der Waals surface area contributed by atoms with Crippen molar-refractivity contribution < 1.29 is 9.59 Å². The highest BCUT2D eigenvalue weighted by Crippen LogP contribution is 2.33. The quantitative estimate of drug-likeness (QED) is 0.820. The molecule has 18 heavy (non-hydrogen) atoms. The van der Waals surface area contributed by atoms with Gasteiger partial charge in [0.1, 0.15) is 0 Å². The Morgan fingerprint density at radius 1 is 1.11 bits per heavy atom. The first-order valence-electron chi connectivity index (χ1n) is 6.35. The summed E-state index contributed by atoms with van der Waals surface area (Å²) < 4.78 is 0. The molecule has 2 aliphatic rings. The van der Waals surface area contributed by atoms with E-state index in [0.717, 1.165) is 19.3 Å². The summed E-state index contributed by atoms with van der Waals surface area (Å²) in [4.78, 5) is 25.5. The van der Waals surface area contributed by atoms with Gasteiger partial charge in [-0.2, -0.15) is 0 Å². The van der Waals surface area contributed by atoms with Crippen LogP contribution in [0.1, 0.15) is 46.4 Å². The number of nitrogens with two attached hydrogens (primary N) is 1. The molecule has 4 heteroatoms. The van der Waals surface area contributed by atoms with E-state index < -0.39 is 0 Å². The maximum atomic E-state index is 12.1. The number of imide groups is 1. The molecule has 1 aliphatic carbocycles. The van der Waals surface area contributed by atoms with Gasteiger partial charge in [-0.25, -0.2) is 0 Å². The standard InChI is InChI=1S/C14H16N2O2/c15-14(6-3-7-14)8-9-16-12(17)10-4-1-2-5-11(10)13(16)18/h1-2,4-5H,3,6-9,15H2. The molecule has 4 nitrogen and oxygen atoms in total. The molecular formula is C14H16N2O2. The first-order chi connectivity index (χ1) is 8.61. The average molecular weight is 244 g/mol. The summed E-state index contributed by atoms with van der Waals surface area (Å²) in [5, 5.41) is 0. The van der Waals surface area contributed by atoms with Crippen molar-refractivity contribution in [3.05, 3.63) is 35.4 Å². The van der Waals surface area contributed by atoms with Crippen molar-refractivity contribution in [2.45, 2.75) is 31.2 Å². The normalized spacial score (nSPS) is 20.8. The Hall–Kier alpha value is -1.68. The van der Waals surface area contributed by atoms with Gasteiger partial charge < -0.3 is 5.73 Å². The smallest absolute Gasteiger partial charge is 0.261 e. The van der Waals surface area contributed by atoms with Gasteiger partial charge in [0, 0.05) is 12.1 Å². The predicted molar refractivity (Wildman–Crippen MR) is 67.2 cm³/mol. The maximum absolute atomic E-state index is 12.1. The number of hydrogen-bond acceptors (Lipinski definition) is 3. The van der Waals surface area contributed by atoms with E-state index >= 15 is 0 Å². The maximum Gasteiger partial charge on any atom is 0.261 e. The van der Waals surface area contributed by atoms with Gasteiger partial charge in [0.2, 0.25) is 0 Å². The van der Waals surface area contributed by atoms with E-state index in [1.165, 1.54) is 4.90 Å². The van der Waals surface area contributed by atoms with Gasteiger partial charge >= 0.3 is 0 Å². The molecule has 2 N–H and O–H groups in total. The van der Waals surface area contributed by atoms with Gasteiger partial charge in [0.05, 0.1) is 11.1 Å². The minimum absolute atomic E-state index is 0.157. The Morgan fingerprint density at radius 2 is 1.67 bits per heavy atom. The largest absolute Gasteiger partial charge is 0.325 e. The molecule has 1 fully saturated rings. The SMILES string of the molecule is NC1(CCN2C(=O)c3ccccc3C2=O)CCC1. The summed E-state index contributed by atoms with van der Waals surface area (Å²) in [5.74, 6) is -0.364. The lowest BCUT2D eigenvalue weighted by Crippen LogP contribution is -2.49. The van der Waals surface area contributed by atoms with Crippen LogP contribution in [0.4, 0.5) is 0 Å². The molecule has 0 saturated heterocycles. The second-order valence-corrected chi connectivity index (χ2v) is 5.27.